The predicted molar refractivity (Wildman–Crippen MR) is 93.7 cm³/mol. The minimum absolute atomic E-state index is 0. The number of hydrogen-bond donors (Lipinski definition) is 2. The van der Waals surface area contributed by atoms with Crippen molar-refractivity contribution in [2.45, 2.75) is 46.6 Å². The first-order chi connectivity index (χ1) is 9.76. The van der Waals surface area contributed by atoms with Crippen LogP contribution in [0.25, 0.3) is 0 Å². The molecule has 5 heteroatoms. The molecule has 1 amide bonds. The summed E-state index contributed by atoms with van der Waals surface area (Å²) in [4.78, 5) is 12.0. The number of ether oxygens (including phenoxy) is 1. The molecule has 1 rings (SSSR count). The van der Waals surface area contributed by atoms with E-state index in [0.717, 1.165) is 16.9 Å². The summed E-state index contributed by atoms with van der Waals surface area (Å²) >= 11 is 0. The second kappa shape index (κ2) is 9.01. The van der Waals surface area contributed by atoms with Gasteiger partial charge >= 0.3 is 0 Å². The number of hydrogen-bond acceptors (Lipinski definition) is 3. The van der Waals surface area contributed by atoms with E-state index in [1.54, 1.807) is 0 Å². The summed E-state index contributed by atoms with van der Waals surface area (Å²) in [6.07, 6.45) is 0.329. The van der Waals surface area contributed by atoms with Crippen LogP contribution in [0.4, 0.5) is 0 Å². The maximum atomic E-state index is 12.0. The highest BCUT2D eigenvalue weighted by molar-refractivity contribution is 5.85. The van der Waals surface area contributed by atoms with Crippen LogP contribution in [0.3, 0.4) is 0 Å². The number of aryl methyl sites for hydroxylation is 2. The second-order valence-electron chi connectivity index (χ2n) is 6.25. The summed E-state index contributed by atoms with van der Waals surface area (Å²) in [6.45, 7) is 10.9. The van der Waals surface area contributed by atoms with Crippen LogP contribution >= 0.6 is 12.4 Å². The third kappa shape index (κ3) is 6.24. The van der Waals surface area contributed by atoms with Crippen LogP contribution in [-0.4, -0.2) is 24.6 Å². The van der Waals surface area contributed by atoms with Crippen LogP contribution in [-0.2, 0) is 4.79 Å². The maximum Gasteiger partial charge on any atom is 0.223 e. The summed E-state index contributed by atoms with van der Waals surface area (Å²) in [5.74, 6) is 1.07. The average Bonchev–Trinajstić information content (AvgIpc) is 2.37. The quantitative estimate of drug-likeness (QED) is 0.808. The van der Waals surface area contributed by atoms with E-state index < -0.39 is 0 Å². The van der Waals surface area contributed by atoms with Gasteiger partial charge in [0.05, 0.1) is 18.6 Å². The van der Waals surface area contributed by atoms with Crippen molar-refractivity contribution in [3.8, 4) is 5.75 Å². The lowest BCUT2D eigenvalue weighted by atomic mass is 9.88. The van der Waals surface area contributed by atoms with E-state index in [9.17, 15) is 4.79 Å². The fourth-order valence-electron chi connectivity index (χ4n) is 2.09. The van der Waals surface area contributed by atoms with Crippen molar-refractivity contribution in [2.24, 2.45) is 11.7 Å². The van der Waals surface area contributed by atoms with Crippen LogP contribution in [0.15, 0.2) is 18.2 Å². The van der Waals surface area contributed by atoms with Crippen LogP contribution in [0.2, 0.25) is 0 Å². The predicted octanol–water partition coefficient (Wildman–Crippen LogP) is 2.98. The van der Waals surface area contributed by atoms with E-state index in [2.05, 4.69) is 25.2 Å². The third-order valence-corrected chi connectivity index (χ3v) is 3.92. The Kier molecular flexibility index (Phi) is 8.49. The molecular formula is C17H29ClN2O2. The standard InChI is InChI=1S/C17H28N2O2.ClH/c1-12(2)17(5,11-18)19-16(20)6-7-21-15-9-13(3)8-14(4)10-15;/h8-10,12H,6-7,11,18H2,1-5H3,(H,19,20);1H. The summed E-state index contributed by atoms with van der Waals surface area (Å²) in [7, 11) is 0. The topological polar surface area (TPSA) is 64.3 Å². The SMILES string of the molecule is Cc1cc(C)cc(OCCC(=O)NC(C)(CN)C(C)C)c1.Cl. The first-order valence-corrected chi connectivity index (χ1v) is 7.49. The summed E-state index contributed by atoms with van der Waals surface area (Å²) < 4.78 is 5.65. The van der Waals surface area contributed by atoms with Crippen molar-refractivity contribution in [2.75, 3.05) is 13.2 Å². The number of nitrogens with one attached hydrogen (secondary N) is 1. The smallest absolute Gasteiger partial charge is 0.223 e. The van der Waals surface area contributed by atoms with Crippen molar-refractivity contribution in [3.05, 3.63) is 29.3 Å². The minimum atomic E-state index is -0.364. The van der Waals surface area contributed by atoms with E-state index in [-0.39, 0.29) is 29.8 Å². The Morgan fingerprint density at radius 3 is 2.27 bits per heavy atom. The molecule has 0 aromatic heterocycles. The van der Waals surface area contributed by atoms with Gasteiger partial charge in [0.2, 0.25) is 5.91 Å². The van der Waals surface area contributed by atoms with Gasteiger partial charge in [-0.1, -0.05) is 19.9 Å². The normalized spacial score (nSPS) is 13.2. The molecule has 0 radical (unpaired) electrons. The Morgan fingerprint density at radius 2 is 1.82 bits per heavy atom. The van der Waals surface area contributed by atoms with Crippen LogP contribution in [0.5, 0.6) is 5.75 Å². The number of rotatable bonds is 7. The van der Waals surface area contributed by atoms with Crippen LogP contribution in [0, 0.1) is 19.8 Å². The van der Waals surface area contributed by atoms with E-state index in [0.29, 0.717) is 19.6 Å². The van der Waals surface area contributed by atoms with Crippen molar-refractivity contribution in [3.63, 3.8) is 0 Å². The number of halogens is 1. The van der Waals surface area contributed by atoms with E-state index >= 15 is 0 Å². The largest absolute Gasteiger partial charge is 0.493 e. The average molecular weight is 329 g/mol. The molecule has 0 saturated carbocycles. The van der Waals surface area contributed by atoms with Gasteiger partial charge in [-0.25, -0.2) is 0 Å². The van der Waals surface area contributed by atoms with Crippen molar-refractivity contribution >= 4 is 18.3 Å². The number of nitrogens with two attached hydrogens (primary N) is 1. The first-order valence-electron chi connectivity index (χ1n) is 7.49. The highest BCUT2D eigenvalue weighted by Gasteiger charge is 2.28. The minimum Gasteiger partial charge on any atom is -0.493 e. The highest BCUT2D eigenvalue weighted by atomic mass is 35.5. The number of carbonyl (C=O) groups is 1. The monoisotopic (exact) mass is 328 g/mol. The summed E-state index contributed by atoms with van der Waals surface area (Å²) in [5.41, 5.74) is 7.71. The van der Waals surface area contributed by atoms with Crippen molar-refractivity contribution in [1.82, 2.24) is 5.32 Å². The number of carbonyl (C=O) groups excluding carboxylic acids is 1. The molecule has 0 aliphatic rings. The fourth-order valence-corrected chi connectivity index (χ4v) is 2.09. The molecule has 0 fully saturated rings. The molecule has 1 unspecified atom stereocenters. The van der Waals surface area contributed by atoms with Gasteiger partial charge in [-0.2, -0.15) is 0 Å². The fraction of sp³-hybridized carbons (Fsp3) is 0.588. The van der Waals surface area contributed by atoms with Crippen molar-refractivity contribution in [1.29, 1.82) is 0 Å². The molecule has 22 heavy (non-hydrogen) atoms. The van der Waals surface area contributed by atoms with Crippen LogP contribution < -0.4 is 15.8 Å². The Labute approximate surface area is 140 Å². The summed E-state index contributed by atoms with van der Waals surface area (Å²) in [6, 6.07) is 6.04. The lowest BCUT2D eigenvalue weighted by Gasteiger charge is -2.33. The van der Waals surface area contributed by atoms with Gasteiger partial charge in [0.1, 0.15) is 5.75 Å². The zero-order valence-corrected chi connectivity index (χ0v) is 15.0. The molecule has 0 heterocycles. The molecular weight excluding hydrogens is 300 g/mol. The Morgan fingerprint density at radius 1 is 1.27 bits per heavy atom. The van der Waals surface area contributed by atoms with E-state index in [1.807, 2.05) is 32.9 Å². The highest BCUT2D eigenvalue weighted by Crippen LogP contribution is 2.17. The molecule has 0 saturated heterocycles. The third-order valence-electron chi connectivity index (χ3n) is 3.92. The lowest BCUT2D eigenvalue weighted by Crippen LogP contribution is -2.55. The van der Waals surface area contributed by atoms with E-state index in [1.165, 1.54) is 0 Å². The molecule has 4 nitrogen and oxygen atoms in total. The molecule has 3 N–H and O–H groups in total. The Hall–Kier alpha value is -1.26. The molecule has 126 valence electrons. The lowest BCUT2D eigenvalue weighted by molar-refractivity contribution is -0.123. The van der Waals surface area contributed by atoms with Gasteiger partial charge in [0.15, 0.2) is 0 Å². The van der Waals surface area contributed by atoms with Gasteiger partial charge < -0.3 is 15.8 Å². The number of amides is 1. The van der Waals surface area contributed by atoms with Gasteiger partial charge in [-0.15, -0.1) is 12.4 Å². The van der Waals surface area contributed by atoms with Gasteiger partial charge in [0.25, 0.3) is 0 Å². The zero-order chi connectivity index (χ0) is 16.0. The molecule has 0 aliphatic carbocycles. The Bertz CT molecular complexity index is 471. The van der Waals surface area contributed by atoms with Gasteiger partial charge in [0, 0.05) is 6.54 Å². The zero-order valence-electron chi connectivity index (χ0n) is 14.2. The van der Waals surface area contributed by atoms with E-state index in [4.69, 9.17) is 10.5 Å². The molecule has 0 bridgehead atoms. The van der Waals surface area contributed by atoms with Crippen molar-refractivity contribution < 1.29 is 9.53 Å². The molecule has 0 aliphatic heterocycles. The van der Waals surface area contributed by atoms with Gasteiger partial charge in [-0.3, -0.25) is 4.79 Å². The summed E-state index contributed by atoms with van der Waals surface area (Å²) in [5, 5.41) is 3.01. The van der Waals surface area contributed by atoms with Gasteiger partial charge in [-0.05, 0) is 49.9 Å². The molecule has 1 aromatic rings. The van der Waals surface area contributed by atoms with Crippen LogP contribution in [0.1, 0.15) is 38.3 Å². The second-order valence-corrected chi connectivity index (χ2v) is 6.25. The number of benzene rings is 1. The molecule has 0 spiro atoms. The first kappa shape index (κ1) is 20.7. The molecule has 1 aromatic carbocycles. The maximum absolute atomic E-state index is 12.0. The molecule has 1 atom stereocenters. The Balaban J connectivity index is 0.00000441.